The molecule has 0 spiro atoms. The number of carbonyl (C=O) groups excluding carboxylic acids is 3. The smallest absolute Gasteiger partial charge is 0.328 e. The van der Waals surface area contributed by atoms with Crippen molar-refractivity contribution in [3.8, 4) is 0 Å². The number of hydroxylamine groups is 2. The molecule has 0 heterocycles. The number of amides is 2. The summed E-state index contributed by atoms with van der Waals surface area (Å²) in [5, 5.41) is 4.04. The van der Waals surface area contributed by atoms with Gasteiger partial charge in [0, 0.05) is 0 Å². The quantitative estimate of drug-likeness (QED) is 0.180. The summed E-state index contributed by atoms with van der Waals surface area (Å²) in [6.07, 6.45) is 1.38. The van der Waals surface area contributed by atoms with Crippen molar-refractivity contribution in [1.29, 1.82) is 0 Å². The Bertz CT molecular complexity index is 1120. The molecule has 0 aromatic heterocycles. The minimum atomic E-state index is -0.806. The summed E-state index contributed by atoms with van der Waals surface area (Å²) in [6, 6.07) is 27.6. The van der Waals surface area contributed by atoms with Crippen molar-refractivity contribution in [2.45, 2.75) is 45.9 Å². The number of hydrogen-bond donors (Lipinski definition) is 1. The van der Waals surface area contributed by atoms with Gasteiger partial charge in [-0.2, -0.15) is 0 Å². The van der Waals surface area contributed by atoms with Gasteiger partial charge in [0.25, 0.3) is 0 Å². The van der Waals surface area contributed by atoms with Crippen LogP contribution in [-0.4, -0.2) is 35.9 Å². The second-order valence-corrected chi connectivity index (χ2v) is 9.63. The normalized spacial score (nSPS) is 12.4. The van der Waals surface area contributed by atoms with Gasteiger partial charge in [-0.1, -0.05) is 105 Å². The molecular formula is C31H36N2O5. The van der Waals surface area contributed by atoms with Crippen molar-refractivity contribution in [1.82, 2.24) is 10.4 Å². The van der Waals surface area contributed by atoms with Crippen LogP contribution >= 0.6 is 0 Å². The molecule has 38 heavy (non-hydrogen) atoms. The third kappa shape index (κ3) is 9.82. The van der Waals surface area contributed by atoms with E-state index >= 15 is 0 Å². The number of ether oxygens (including phenoxy) is 1. The number of rotatable bonds is 15. The van der Waals surface area contributed by atoms with Crippen LogP contribution in [0.4, 0.5) is 0 Å². The molecule has 0 aliphatic rings. The van der Waals surface area contributed by atoms with Crippen LogP contribution in [0.2, 0.25) is 0 Å². The van der Waals surface area contributed by atoms with E-state index in [1.54, 1.807) is 0 Å². The lowest BCUT2D eigenvalue weighted by molar-refractivity contribution is -0.182. The number of nitrogens with one attached hydrogen (secondary N) is 1. The highest BCUT2D eigenvalue weighted by Gasteiger charge is 2.29. The summed E-state index contributed by atoms with van der Waals surface area (Å²) < 4.78 is 5.53. The minimum Gasteiger partial charge on any atom is -0.459 e. The predicted octanol–water partition coefficient (Wildman–Crippen LogP) is 4.71. The highest BCUT2D eigenvalue weighted by Crippen LogP contribution is 2.15. The molecule has 0 saturated carbocycles. The standard InChI is InChI=1S/C31H36N2O5/c1-24(2)18-29(31(36)37-21-26-14-8-4-9-15-26)32-30(35)28(19-25-12-6-3-7-13-25)20-33(23-34)38-22-27-16-10-5-11-17-27/h3-17,23-24,28-29H,18-22H2,1-2H3,(H,32,35). The summed E-state index contributed by atoms with van der Waals surface area (Å²) >= 11 is 0. The van der Waals surface area contributed by atoms with E-state index in [2.05, 4.69) is 5.32 Å². The summed E-state index contributed by atoms with van der Waals surface area (Å²) in [4.78, 5) is 44.0. The summed E-state index contributed by atoms with van der Waals surface area (Å²) in [5.41, 5.74) is 2.71. The van der Waals surface area contributed by atoms with Gasteiger partial charge in [-0.05, 0) is 35.4 Å². The van der Waals surface area contributed by atoms with Crippen molar-refractivity contribution in [2.75, 3.05) is 6.54 Å². The summed E-state index contributed by atoms with van der Waals surface area (Å²) in [5.74, 6) is -1.32. The van der Waals surface area contributed by atoms with E-state index in [1.807, 2.05) is 105 Å². The monoisotopic (exact) mass is 516 g/mol. The summed E-state index contributed by atoms with van der Waals surface area (Å²) in [6.45, 7) is 4.32. The summed E-state index contributed by atoms with van der Waals surface area (Å²) in [7, 11) is 0. The molecule has 0 bridgehead atoms. The van der Waals surface area contributed by atoms with E-state index < -0.39 is 17.9 Å². The van der Waals surface area contributed by atoms with Crippen LogP contribution in [0.25, 0.3) is 0 Å². The fraction of sp³-hybridized carbons (Fsp3) is 0.323. The molecule has 2 amide bonds. The lowest BCUT2D eigenvalue weighted by Crippen LogP contribution is -2.48. The number of nitrogens with zero attached hydrogens (tertiary/aromatic N) is 1. The Morgan fingerprint density at radius 3 is 1.87 bits per heavy atom. The first kappa shape index (κ1) is 28.6. The molecule has 3 aromatic rings. The lowest BCUT2D eigenvalue weighted by Gasteiger charge is -2.26. The van der Waals surface area contributed by atoms with E-state index in [0.29, 0.717) is 19.3 Å². The Hall–Kier alpha value is -3.97. The zero-order chi connectivity index (χ0) is 27.2. The molecule has 1 N–H and O–H groups in total. The van der Waals surface area contributed by atoms with Gasteiger partial charge in [-0.3, -0.25) is 14.4 Å². The first-order valence-electron chi connectivity index (χ1n) is 12.9. The van der Waals surface area contributed by atoms with E-state index in [0.717, 1.165) is 21.8 Å². The number of benzene rings is 3. The van der Waals surface area contributed by atoms with Gasteiger partial charge in [-0.25, -0.2) is 9.86 Å². The van der Waals surface area contributed by atoms with Gasteiger partial charge in [0.1, 0.15) is 19.3 Å². The number of esters is 1. The Kier molecular flexibility index (Phi) is 11.5. The van der Waals surface area contributed by atoms with Gasteiger partial charge in [0.15, 0.2) is 0 Å². The van der Waals surface area contributed by atoms with Crippen LogP contribution in [0.1, 0.15) is 37.0 Å². The molecule has 0 radical (unpaired) electrons. The molecule has 0 aliphatic carbocycles. The second-order valence-electron chi connectivity index (χ2n) is 9.63. The largest absolute Gasteiger partial charge is 0.459 e. The molecule has 200 valence electrons. The third-order valence-electron chi connectivity index (χ3n) is 5.99. The van der Waals surface area contributed by atoms with Crippen LogP contribution in [0.15, 0.2) is 91.0 Å². The van der Waals surface area contributed by atoms with Crippen molar-refractivity contribution >= 4 is 18.3 Å². The minimum absolute atomic E-state index is 0.0323. The number of carbonyl (C=O) groups is 3. The van der Waals surface area contributed by atoms with E-state index in [1.165, 1.54) is 0 Å². The van der Waals surface area contributed by atoms with Crippen LogP contribution in [0, 0.1) is 11.8 Å². The Labute approximate surface area is 224 Å². The highest BCUT2D eigenvalue weighted by molar-refractivity contribution is 5.86. The van der Waals surface area contributed by atoms with Crippen molar-refractivity contribution in [3.63, 3.8) is 0 Å². The first-order chi connectivity index (χ1) is 18.4. The van der Waals surface area contributed by atoms with Gasteiger partial charge >= 0.3 is 5.97 Å². The van der Waals surface area contributed by atoms with Crippen molar-refractivity contribution in [2.24, 2.45) is 11.8 Å². The van der Waals surface area contributed by atoms with Crippen LogP contribution in [0.5, 0.6) is 0 Å². The molecular weight excluding hydrogens is 480 g/mol. The molecule has 2 atom stereocenters. The van der Waals surface area contributed by atoms with Gasteiger partial charge < -0.3 is 10.1 Å². The molecule has 7 nitrogen and oxygen atoms in total. The molecule has 2 unspecified atom stereocenters. The maximum absolute atomic E-state index is 13.5. The Morgan fingerprint density at radius 2 is 1.34 bits per heavy atom. The van der Waals surface area contributed by atoms with E-state index in [-0.39, 0.29) is 31.6 Å². The molecule has 7 heteroatoms. The average molecular weight is 517 g/mol. The SMILES string of the molecule is CC(C)CC(NC(=O)C(Cc1ccccc1)CN(C=O)OCc1ccccc1)C(=O)OCc1ccccc1. The molecule has 3 rings (SSSR count). The fourth-order valence-corrected chi connectivity index (χ4v) is 4.02. The predicted molar refractivity (Wildman–Crippen MR) is 145 cm³/mol. The molecule has 0 fully saturated rings. The Morgan fingerprint density at radius 1 is 0.816 bits per heavy atom. The van der Waals surface area contributed by atoms with Crippen LogP contribution < -0.4 is 5.32 Å². The van der Waals surface area contributed by atoms with Crippen LogP contribution in [0.3, 0.4) is 0 Å². The van der Waals surface area contributed by atoms with Gasteiger partial charge in [0.2, 0.25) is 12.3 Å². The second kappa shape index (κ2) is 15.3. The van der Waals surface area contributed by atoms with Crippen molar-refractivity contribution in [3.05, 3.63) is 108 Å². The van der Waals surface area contributed by atoms with Crippen molar-refractivity contribution < 1.29 is 24.0 Å². The lowest BCUT2D eigenvalue weighted by atomic mass is 9.96. The molecule has 0 saturated heterocycles. The Balaban J connectivity index is 1.70. The maximum Gasteiger partial charge on any atom is 0.328 e. The zero-order valence-electron chi connectivity index (χ0n) is 22.0. The van der Waals surface area contributed by atoms with Gasteiger partial charge in [-0.15, -0.1) is 0 Å². The molecule has 3 aromatic carbocycles. The van der Waals surface area contributed by atoms with E-state index in [4.69, 9.17) is 9.57 Å². The van der Waals surface area contributed by atoms with E-state index in [9.17, 15) is 14.4 Å². The van der Waals surface area contributed by atoms with Crippen LogP contribution in [-0.2, 0) is 43.6 Å². The van der Waals surface area contributed by atoms with Gasteiger partial charge in [0.05, 0.1) is 12.5 Å². The number of hydrogen-bond acceptors (Lipinski definition) is 5. The fourth-order valence-electron chi connectivity index (χ4n) is 4.02. The highest BCUT2D eigenvalue weighted by atomic mass is 16.7. The average Bonchev–Trinajstić information content (AvgIpc) is 2.94. The zero-order valence-corrected chi connectivity index (χ0v) is 22.0. The third-order valence-corrected chi connectivity index (χ3v) is 5.99. The maximum atomic E-state index is 13.5. The molecule has 0 aliphatic heterocycles. The first-order valence-corrected chi connectivity index (χ1v) is 12.9. The topological polar surface area (TPSA) is 84.9 Å².